The van der Waals surface area contributed by atoms with E-state index in [0.717, 1.165) is 19.3 Å². The molecule has 21 heavy (non-hydrogen) atoms. The quantitative estimate of drug-likeness (QED) is 0.828. The van der Waals surface area contributed by atoms with Gasteiger partial charge in [0.05, 0.1) is 32.5 Å². The molecule has 0 unspecified atom stereocenters. The molecule has 116 valence electrons. The van der Waals surface area contributed by atoms with Gasteiger partial charge in [-0.15, -0.1) is 0 Å². The number of hydrogen-bond donors (Lipinski definition) is 2. The molecule has 0 heterocycles. The minimum Gasteiger partial charge on any atom is -0.493 e. The van der Waals surface area contributed by atoms with Crippen LogP contribution in [-0.4, -0.2) is 44.5 Å². The summed E-state index contributed by atoms with van der Waals surface area (Å²) < 4.78 is 15.7. The highest BCUT2D eigenvalue weighted by molar-refractivity contribution is 5.98. The number of carbonyl (C=O) groups is 1. The molecule has 0 spiro atoms. The van der Waals surface area contributed by atoms with Crippen molar-refractivity contribution in [1.82, 2.24) is 5.32 Å². The number of aliphatic hydroxyl groups is 1. The molecule has 6 nitrogen and oxygen atoms in total. The first-order chi connectivity index (χ1) is 10.0. The summed E-state index contributed by atoms with van der Waals surface area (Å²) in [4.78, 5) is 12.3. The minimum atomic E-state index is -0.764. The Morgan fingerprint density at radius 3 is 2.33 bits per heavy atom. The molecule has 1 aromatic carbocycles. The third-order valence-electron chi connectivity index (χ3n) is 3.81. The van der Waals surface area contributed by atoms with Gasteiger partial charge >= 0.3 is 0 Å². The SMILES string of the molecule is COc1ccc(C(=O)NCC2(O)CCC2)c(OC)c1OC. The van der Waals surface area contributed by atoms with Crippen molar-refractivity contribution in [2.45, 2.75) is 24.9 Å². The van der Waals surface area contributed by atoms with Gasteiger partial charge in [-0.05, 0) is 31.4 Å². The number of carbonyl (C=O) groups excluding carboxylic acids is 1. The predicted octanol–water partition coefficient (Wildman–Crippen LogP) is 1.36. The lowest BCUT2D eigenvalue weighted by molar-refractivity contribution is -0.0300. The molecular formula is C15H21NO5. The van der Waals surface area contributed by atoms with Gasteiger partial charge in [0.1, 0.15) is 0 Å². The number of benzene rings is 1. The lowest BCUT2D eigenvalue weighted by atomic mass is 9.80. The summed E-state index contributed by atoms with van der Waals surface area (Å²) in [5.74, 6) is 0.863. The zero-order chi connectivity index (χ0) is 15.5. The summed E-state index contributed by atoms with van der Waals surface area (Å²) in [7, 11) is 4.47. The monoisotopic (exact) mass is 295 g/mol. The molecule has 1 saturated carbocycles. The maximum atomic E-state index is 12.3. The van der Waals surface area contributed by atoms with Crippen LogP contribution in [0.3, 0.4) is 0 Å². The van der Waals surface area contributed by atoms with Gasteiger partial charge in [0.15, 0.2) is 11.5 Å². The van der Waals surface area contributed by atoms with Crippen LogP contribution in [-0.2, 0) is 0 Å². The van der Waals surface area contributed by atoms with Gasteiger partial charge < -0.3 is 24.6 Å². The molecule has 0 radical (unpaired) electrons. The summed E-state index contributed by atoms with van der Waals surface area (Å²) in [6.45, 7) is 0.239. The van der Waals surface area contributed by atoms with Crippen molar-refractivity contribution in [2.75, 3.05) is 27.9 Å². The van der Waals surface area contributed by atoms with Crippen molar-refractivity contribution in [2.24, 2.45) is 0 Å². The first kappa shape index (κ1) is 15.4. The van der Waals surface area contributed by atoms with E-state index in [2.05, 4.69) is 5.32 Å². The average Bonchev–Trinajstić information content (AvgIpc) is 2.48. The fraction of sp³-hybridized carbons (Fsp3) is 0.533. The van der Waals surface area contributed by atoms with Crippen molar-refractivity contribution in [1.29, 1.82) is 0 Å². The summed E-state index contributed by atoms with van der Waals surface area (Å²) in [6.07, 6.45) is 2.43. The maximum absolute atomic E-state index is 12.3. The van der Waals surface area contributed by atoms with Crippen molar-refractivity contribution in [3.63, 3.8) is 0 Å². The lowest BCUT2D eigenvalue weighted by Crippen LogP contribution is -2.47. The van der Waals surface area contributed by atoms with Crippen LogP contribution in [0.25, 0.3) is 0 Å². The van der Waals surface area contributed by atoms with Crippen LogP contribution in [0.2, 0.25) is 0 Å². The van der Waals surface area contributed by atoms with Gasteiger partial charge in [-0.1, -0.05) is 0 Å². The van der Waals surface area contributed by atoms with Crippen molar-refractivity contribution >= 4 is 5.91 Å². The molecule has 0 aliphatic heterocycles. The number of amides is 1. The Kier molecular flexibility index (Phi) is 4.57. The second-order valence-corrected chi connectivity index (χ2v) is 5.14. The predicted molar refractivity (Wildman–Crippen MR) is 77.2 cm³/mol. The first-order valence-electron chi connectivity index (χ1n) is 6.84. The topological polar surface area (TPSA) is 77.0 Å². The highest BCUT2D eigenvalue weighted by Crippen LogP contribution is 2.39. The Morgan fingerprint density at radius 1 is 1.19 bits per heavy atom. The molecule has 0 aromatic heterocycles. The number of rotatable bonds is 6. The summed E-state index contributed by atoms with van der Waals surface area (Å²) in [5, 5.41) is 12.8. The van der Waals surface area contributed by atoms with Gasteiger partial charge in [0, 0.05) is 6.54 Å². The minimum absolute atomic E-state index is 0.239. The van der Waals surface area contributed by atoms with Crippen LogP contribution in [0.4, 0.5) is 0 Å². The molecule has 0 bridgehead atoms. The molecule has 6 heteroatoms. The lowest BCUT2D eigenvalue weighted by Gasteiger charge is -2.36. The number of hydrogen-bond acceptors (Lipinski definition) is 5. The Morgan fingerprint density at radius 2 is 1.86 bits per heavy atom. The van der Waals surface area contributed by atoms with E-state index in [1.165, 1.54) is 21.3 Å². The fourth-order valence-electron chi connectivity index (χ4n) is 2.38. The highest BCUT2D eigenvalue weighted by atomic mass is 16.5. The molecule has 1 amide bonds. The second-order valence-electron chi connectivity index (χ2n) is 5.14. The first-order valence-corrected chi connectivity index (χ1v) is 6.84. The van der Waals surface area contributed by atoms with Crippen LogP contribution in [0.1, 0.15) is 29.6 Å². The zero-order valence-electron chi connectivity index (χ0n) is 12.6. The van der Waals surface area contributed by atoms with Crippen LogP contribution in [0.5, 0.6) is 17.2 Å². The van der Waals surface area contributed by atoms with E-state index in [0.29, 0.717) is 22.8 Å². The van der Waals surface area contributed by atoms with Gasteiger partial charge in [-0.3, -0.25) is 4.79 Å². The Labute approximate surface area is 124 Å². The van der Waals surface area contributed by atoms with Gasteiger partial charge in [0.25, 0.3) is 5.91 Å². The third-order valence-corrected chi connectivity index (χ3v) is 3.81. The maximum Gasteiger partial charge on any atom is 0.255 e. The molecule has 1 fully saturated rings. The van der Waals surface area contributed by atoms with Crippen LogP contribution >= 0.6 is 0 Å². The normalized spacial score (nSPS) is 15.8. The third kappa shape index (κ3) is 3.05. The summed E-state index contributed by atoms with van der Waals surface area (Å²) in [5.41, 5.74) is -0.419. The zero-order valence-corrected chi connectivity index (χ0v) is 12.6. The van der Waals surface area contributed by atoms with Gasteiger partial charge in [-0.2, -0.15) is 0 Å². The fourth-order valence-corrected chi connectivity index (χ4v) is 2.38. The molecule has 2 rings (SSSR count). The number of methoxy groups -OCH3 is 3. The van der Waals surface area contributed by atoms with Crippen molar-refractivity contribution in [3.8, 4) is 17.2 Å². The molecular weight excluding hydrogens is 274 g/mol. The Hall–Kier alpha value is -1.95. The Balaban J connectivity index is 2.19. The van der Waals surface area contributed by atoms with Crippen LogP contribution in [0, 0.1) is 0 Å². The van der Waals surface area contributed by atoms with E-state index in [1.54, 1.807) is 12.1 Å². The smallest absolute Gasteiger partial charge is 0.255 e. The van der Waals surface area contributed by atoms with E-state index in [9.17, 15) is 9.90 Å². The number of ether oxygens (including phenoxy) is 3. The molecule has 0 saturated heterocycles. The average molecular weight is 295 g/mol. The van der Waals surface area contributed by atoms with Gasteiger partial charge in [-0.25, -0.2) is 0 Å². The van der Waals surface area contributed by atoms with E-state index >= 15 is 0 Å². The standard InChI is InChI=1S/C15H21NO5/c1-19-11-6-5-10(12(20-2)13(11)21-3)14(17)16-9-15(18)7-4-8-15/h5-6,18H,4,7-9H2,1-3H3,(H,16,17). The molecule has 1 aliphatic carbocycles. The van der Waals surface area contributed by atoms with Crippen molar-refractivity contribution < 1.29 is 24.1 Å². The largest absolute Gasteiger partial charge is 0.493 e. The van der Waals surface area contributed by atoms with E-state index in [1.807, 2.05) is 0 Å². The van der Waals surface area contributed by atoms with Gasteiger partial charge in [0.2, 0.25) is 5.75 Å². The van der Waals surface area contributed by atoms with E-state index < -0.39 is 5.60 Å². The molecule has 1 aliphatic rings. The van der Waals surface area contributed by atoms with E-state index in [4.69, 9.17) is 14.2 Å². The van der Waals surface area contributed by atoms with Crippen molar-refractivity contribution in [3.05, 3.63) is 17.7 Å². The summed E-state index contributed by atoms with van der Waals surface area (Å²) in [6, 6.07) is 3.26. The molecule has 1 aromatic rings. The Bertz CT molecular complexity index is 525. The molecule has 2 N–H and O–H groups in total. The molecule has 0 atom stereocenters. The van der Waals surface area contributed by atoms with Crippen LogP contribution in [0.15, 0.2) is 12.1 Å². The van der Waals surface area contributed by atoms with E-state index in [-0.39, 0.29) is 12.5 Å². The highest BCUT2D eigenvalue weighted by Gasteiger charge is 2.35. The second kappa shape index (κ2) is 6.22. The number of nitrogens with one attached hydrogen (secondary N) is 1. The van der Waals surface area contributed by atoms with Crippen LogP contribution < -0.4 is 19.5 Å². The summed E-state index contributed by atoms with van der Waals surface area (Å²) >= 11 is 0.